The first-order valence-corrected chi connectivity index (χ1v) is 6.74. The first-order chi connectivity index (χ1) is 6.96. The van der Waals surface area contributed by atoms with Crippen LogP contribution in [0.2, 0.25) is 0 Å². The van der Waals surface area contributed by atoms with Crippen molar-refractivity contribution in [2.75, 3.05) is 0 Å². The van der Waals surface area contributed by atoms with Gasteiger partial charge >= 0.3 is 5.97 Å². The molecule has 1 N–H and O–H groups in total. The van der Waals surface area contributed by atoms with Gasteiger partial charge in [0.2, 0.25) is 10.0 Å². The smallest absolute Gasteiger partial charge is 0.324 e. The fraction of sp³-hybridized carbons (Fsp3) is 0.900. The van der Waals surface area contributed by atoms with E-state index >= 15 is 0 Å². The lowest BCUT2D eigenvalue weighted by atomic mass is 10.2. The van der Waals surface area contributed by atoms with Crippen LogP contribution < -0.4 is 4.72 Å². The molecular formula is C10H21NO4S. The molecule has 0 saturated carbocycles. The van der Waals surface area contributed by atoms with Gasteiger partial charge in [0.25, 0.3) is 0 Å². The monoisotopic (exact) mass is 251 g/mol. The predicted octanol–water partition coefficient (Wildman–Crippen LogP) is 1.04. The Morgan fingerprint density at radius 2 is 1.62 bits per heavy atom. The zero-order valence-electron chi connectivity index (χ0n) is 10.7. The molecular weight excluding hydrogens is 230 g/mol. The van der Waals surface area contributed by atoms with E-state index in [4.69, 9.17) is 4.74 Å². The Hall–Kier alpha value is -0.620. The van der Waals surface area contributed by atoms with Crippen LogP contribution >= 0.6 is 0 Å². The van der Waals surface area contributed by atoms with Crippen molar-refractivity contribution in [3.05, 3.63) is 0 Å². The molecule has 0 fully saturated rings. The van der Waals surface area contributed by atoms with Crippen LogP contribution in [0, 0.1) is 0 Å². The molecule has 0 saturated heterocycles. The summed E-state index contributed by atoms with van der Waals surface area (Å²) in [5, 5.41) is -0.572. The predicted molar refractivity (Wildman–Crippen MR) is 62.5 cm³/mol. The summed E-state index contributed by atoms with van der Waals surface area (Å²) in [7, 11) is -3.45. The van der Waals surface area contributed by atoms with Gasteiger partial charge in [0.15, 0.2) is 0 Å². The Morgan fingerprint density at radius 1 is 1.19 bits per heavy atom. The first-order valence-electron chi connectivity index (χ1n) is 5.19. The number of nitrogens with one attached hydrogen (secondary N) is 1. The molecule has 96 valence electrons. The summed E-state index contributed by atoms with van der Waals surface area (Å²) >= 11 is 0. The van der Waals surface area contributed by atoms with Crippen LogP contribution in [0.4, 0.5) is 0 Å². The fourth-order valence-electron chi connectivity index (χ4n) is 0.821. The van der Waals surface area contributed by atoms with E-state index in [2.05, 4.69) is 4.72 Å². The zero-order valence-corrected chi connectivity index (χ0v) is 11.5. The third kappa shape index (κ3) is 5.46. The maximum atomic E-state index is 11.5. The average Bonchev–Trinajstić information content (AvgIpc) is 1.99. The number of hydrogen-bond donors (Lipinski definition) is 1. The van der Waals surface area contributed by atoms with E-state index in [0.29, 0.717) is 0 Å². The molecule has 0 aromatic rings. The molecule has 0 amide bonds. The fourth-order valence-corrected chi connectivity index (χ4v) is 1.68. The summed E-state index contributed by atoms with van der Waals surface area (Å²) in [6.07, 6.45) is 0. The molecule has 0 heterocycles. The molecule has 1 atom stereocenters. The number of rotatable bonds is 4. The SMILES string of the molecule is CC(C)S(=O)(=O)N[C@H](C)C(=O)OC(C)(C)C. The van der Waals surface area contributed by atoms with Crippen LogP contribution in [-0.4, -0.2) is 31.3 Å². The molecule has 0 rings (SSSR count). The van der Waals surface area contributed by atoms with E-state index in [0.717, 1.165) is 0 Å². The highest BCUT2D eigenvalue weighted by Gasteiger charge is 2.26. The second-order valence-corrected chi connectivity index (χ2v) is 7.24. The van der Waals surface area contributed by atoms with Crippen molar-refractivity contribution in [3.63, 3.8) is 0 Å². The van der Waals surface area contributed by atoms with Crippen LogP contribution in [0.25, 0.3) is 0 Å². The Balaban J connectivity index is 4.50. The van der Waals surface area contributed by atoms with E-state index in [9.17, 15) is 13.2 Å². The molecule has 0 spiro atoms. The van der Waals surface area contributed by atoms with Gasteiger partial charge in [-0.25, -0.2) is 13.1 Å². The molecule has 16 heavy (non-hydrogen) atoms. The molecule has 0 aromatic carbocycles. The zero-order chi connectivity index (χ0) is 13.1. The Labute approximate surface area is 97.6 Å². The third-order valence-electron chi connectivity index (χ3n) is 1.72. The van der Waals surface area contributed by atoms with E-state index in [1.165, 1.54) is 6.92 Å². The molecule has 0 aliphatic rings. The van der Waals surface area contributed by atoms with Gasteiger partial charge in [-0.1, -0.05) is 0 Å². The van der Waals surface area contributed by atoms with Gasteiger partial charge in [-0.15, -0.1) is 0 Å². The highest BCUT2D eigenvalue weighted by molar-refractivity contribution is 7.90. The summed E-state index contributed by atoms with van der Waals surface area (Å²) in [6, 6.07) is -0.869. The summed E-state index contributed by atoms with van der Waals surface area (Å²) in [5.74, 6) is -0.572. The highest BCUT2D eigenvalue weighted by atomic mass is 32.2. The maximum Gasteiger partial charge on any atom is 0.324 e. The second-order valence-electron chi connectivity index (χ2n) is 4.97. The average molecular weight is 251 g/mol. The van der Waals surface area contributed by atoms with E-state index in [1.54, 1.807) is 34.6 Å². The number of carbonyl (C=O) groups excluding carboxylic acids is 1. The highest BCUT2D eigenvalue weighted by Crippen LogP contribution is 2.09. The minimum atomic E-state index is -3.45. The van der Waals surface area contributed by atoms with Gasteiger partial charge in [-0.3, -0.25) is 4.79 Å². The van der Waals surface area contributed by atoms with Crippen molar-refractivity contribution < 1.29 is 17.9 Å². The first kappa shape index (κ1) is 15.4. The Morgan fingerprint density at radius 3 is 1.94 bits per heavy atom. The minimum Gasteiger partial charge on any atom is -0.459 e. The van der Waals surface area contributed by atoms with Gasteiger partial charge in [-0.2, -0.15) is 0 Å². The van der Waals surface area contributed by atoms with Gasteiger partial charge in [0.05, 0.1) is 5.25 Å². The number of ether oxygens (including phenoxy) is 1. The van der Waals surface area contributed by atoms with Gasteiger partial charge in [-0.05, 0) is 41.5 Å². The van der Waals surface area contributed by atoms with Crippen LogP contribution in [0.3, 0.4) is 0 Å². The van der Waals surface area contributed by atoms with E-state index in [1.807, 2.05) is 0 Å². The normalized spacial score (nSPS) is 14.9. The maximum absolute atomic E-state index is 11.5. The lowest BCUT2D eigenvalue weighted by Crippen LogP contribution is -2.44. The molecule has 0 radical (unpaired) electrons. The van der Waals surface area contributed by atoms with Crippen LogP contribution in [0.5, 0.6) is 0 Å². The largest absolute Gasteiger partial charge is 0.459 e. The Bertz CT molecular complexity index is 340. The standard InChI is InChI=1S/C10H21NO4S/c1-7(2)16(13,14)11-8(3)9(12)15-10(4,5)6/h7-8,11H,1-6H3/t8-/m1/s1. The minimum absolute atomic E-state index is 0.572. The number of carbonyl (C=O) groups is 1. The van der Waals surface area contributed by atoms with Crippen molar-refractivity contribution in [1.82, 2.24) is 4.72 Å². The lowest BCUT2D eigenvalue weighted by molar-refractivity contribution is -0.156. The van der Waals surface area contributed by atoms with Gasteiger partial charge in [0, 0.05) is 0 Å². The summed E-state index contributed by atoms with van der Waals surface area (Å²) in [4.78, 5) is 11.5. The van der Waals surface area contributed by atoms with E-state index in [-0.39, 0.29) is 0 Å². The summed E-state index contributed by atoms with van der Waals surface area (Å²) in [6.45, 7) is 9.75. The second kappa shape index (κ2) is 5.14. The molecule has 0 bridgehead atoms. The topological polar surface area (TPSA) is 72.5 Å². The number of hydrogen-bond acceptors (Lipinski definition) is 4. The Kier molecular flexibility index (Phi) is 4.94. The molecule has 0 aliphatic carbocycles. The van der Waals surface area contributed by atoms with E-state index < -0.39 is 32.9 Å². The van der Waals surface area contributed by atoms with Crippen molar-refractivity contribution >= 4 is 16.0 Å². The van der Waals surface area contributed by atoms with Gasteiger partial charge < -0.3 is 4.74 Å². The van der Waals surface area contributed by atoms with Crippen LogP contribution in [0.15, 0.2) is 0 Å². The van der Waals surface area contributed by atoms with Gasteiger partial charge in [0.1, 0.15) is 11.6 Å². The summed E-state index contributed by atoms with van der Waals surface area (Å²) in [5.41, 5.74) is -0.616. The van der Waals surface area contributed by atoms with Crippen molar-refractivity contribution in [3.8, 4) is 0 Å². The van der Waals surface area contributed by atoms with Crippen molar-refractivity contribution in [2.24, 2.45) is 0 Å². The van der Waals surface area contributed by atoms with Crippen molar-refractivity contribution in [1.29, 1.82) is 0 Å². The molecule has 6 heteroatoms. The van der Waals surface area contributed by atoms with Crippen molar-refractivity contribution in [2.45, 2.75) is 58.4 Å². The molecule has 0 unspecified atom stereocenters. The molecule has 5 nitrogen and oxygen atoms in total. The number of esters is 1. The number of sulfonamides is 1. The lowest BCUT2D eigenvalue weighted by Gasteiger charge is -2.23. The summed E-state index contributed by atoms with van der Waals surface area (Å²) < 4.78 is 30.3. The van der Waals surface area contributed by atoms with Crippen LogP contribution in [-0.2, 0) is 19.6 Å². The molecule has 0 aliphatic heterocycles. The van der Waals surface area contributed by atoms with Crippen LogP contribution in [0.1, 0.15) is 41.5 Å². The molecule has 0 aromatic heterocycles. The third-order valence-corrected chi connectivity index (χ3v) is 3.65. The quantitative estimate of drug-likeness (QED) is 0.758.